The summed E-state index contributed by atoms with van der Waals surface area (Å²) < 4.78 is 34.2. The Balaban J connectivity index is 1.22. The first-order valence-corrected chi connectivity index (χ1v) is 26.6. The second-order valence-electron chi connectivity index (χ2n) is 23.6. The molecule has 4 aliphatic rings. The number of amides is 1. The highest BCUT2D eigenvalue weighted by Crippen LogP contribution is 2.67. The van der Waals surface area contributed by atoms with Gasteiger partial charge in [0.2, 0.25) is 0 Å². The summed E-state index contributed by atoms with van der Waals surface area (Å²) in [5.41, 5.74) is -4.84. The van der Waals surface area contributed by atoms with E-state index in [4.69, 9.17) is 23.7 Å². The molecule has 3 fully saturated rings. The molecule has 11 atom stereocenters. The molecule has 5 aromatic carbocycles. The lowest BCUT2D eigenvalue weighted by atomic mass is 9.42. The maximum atomic E-state index is 16.5. The Bertz CT molecular complexity index is 2900. The van der Waals surface area contributed by atoms with Crippen LogP contribution in [0.15, 0.2) is 163 Å². The van der Waals surface area contributed by atoms with Crippen LogP contribution >= 0.6 is 0 Å². The van der Waals surface area contributed by atoms with Crippen LogP contribution in [-0.4, -0.2) is 88.8 Å². The van der Waals surface area contributed by atoms with Crippen molar-refractivity contribution in [3.8, 4) is 0 Å². The maximum absolute atomic E-state index is 16.5. The van der Waals surface area contributed by atoms with E-state index in [0.29, 0.717) is 16.7 Å². The lowest BCUT2D eigenvalue weighted by molar-refractivity contribution is -0.329. The molecule has 1 aliphatic heterocycles. The number of hydrogen-bond acceptors (Lipinski definition) is 11. The summed E-state index contributed by atoms with van der Waals surface area (Å²) in [7, 11) is 0. The predicted molar refractivity (Wildman–Crippen MR) is 288 cm³/mol. The highest BCUT2D eigenvalue weighted by atomic mass is 16.6. The molecule has 0 unspecified atom stereocenters. The molecule has 0 aromatic heterocycles. The van der Waals surface area contributed by atoms with E-state index < -0.39 is 111 Å². The second-order valence-corrected chi connectivity index (χ2v) is 23.6. The van der Waals surface area contributed by atoms with Gasteiger partial charge in [0.05, 0.1) is 41.9 Å². The van der Waals surface area contributed by atoms with Crippen molar-refractivity contribution in [1.29, 1.82) is 0 Å². The van der Waals surface area contributed by atoms with Gasteiger partial charge >= 0.3 is 11.9 Å². The van der Waals surface area contributed by atoms with Crippen molar-refractivity contribution in [3.05, 3.63) is 191 Å². The monoisotopic (exact) mass is 1030 g/mol. The van der Waals surface area contributed by atoms with E-state index >= 15 is 9.59 Å². The number of benzene rings is 5. The quantitative estimate of drug-likeness (QED) is 0.0716. The molecule has 12 nitrogen and oxygen atoms in total. The fourth-order valence-electron chi connectivity index (χ4n) is 13.4. The van der Waals surface area contributed by atoms with Crippen molar-refractivity contribution < 1.29 is 53.1 Å². The third-order valence-corrected chi connectivity index (χ3v) is 17.4. The number of rotatable bonds is 14. The number of carbonyl (C=O) groups is 4. The highest BCUT2D eigenvalue weighted by Gasteiger charge is 2.76. The first-order chi connectivity index (χ1) is 36.0. The van der Waals surface area contributed by atoms with Crippen LogP contribution in [0.4, 0.5) is 0 Å². The van der Waals surface area contributed by atoms with Gasteiger partial charge in [0.1, 0.15) is 29.5 Å². The topological polar surface area (TPSA) is 167 Å². The molecule has 3 N–H and O–H groups in total. The van der Waals surface area contributed by atoms with E-state index in [-0.39, 0.29) is 30.6 Å². The van der Waals surface area contributed by atoms with Gasteiger partial charge in [-0.1, -0.05) is 169 Å². The van der Waals surface area contributed by atoms with Crippen LogP contribution < -0.4 is 5.32 Å². The van der Waals surface area contributed by atoms with Crippen molar-refractivity contribution in [2.75, 3.05) is 6.61 Å². The van der Waals surface area contributed by atoms with Gasteiger partial charge in [0.25, 0.3) is 5.91 Å². The lowest BCUT2D eigenvalue weighted by Gasteiger charge is -2.69. The van der Waals surface area contributed by atoms with E-state index in [9.17, 15) is 19.8 Å². The molecule has 1 amide bonds. The average molecular weight is 1030 g/mol. The Morgan fingerprint density at radius 1 is 0.737 bits per heavy atom. The molecular formula is C64H73NO11. The fraction of sp³-hybridized carbons (Fsp3) is 0.438. The van der Waals surface area contributed by atoms with Crippen molar-refractivity contribution in [2.24, 2.45) is 27.6 Å². The number of aliphatic hydroxyl groups excluding tert-OH is 1. The first kappa shape index (κ1) is 54.5. The van der Waals surface area contributed by atoms with Crippen LogP contribution in [0.1, 0.15) is 126 Å². The summed E-state index contributed by atoms with van der Waals surface area (Å²) in [5, 5.41) is 30.6. The molecule has 9 rings (SSSR count). The van der Waals surface area contributed by atoms with Crippen LogP contribution in [0.25, 0.3) is 0 Å². The number of esters is 2. The number of aliphatic hydroxyl groups is 2. The molecule has 3 aliphatic carbocycles. The molecule has 400 valence electrons. The Morgan fingerprint density at radius 2 is 1.25 bits per heavy atom. The van der Waals surface area contributed by atoms with E-state index in [1.165, 1.54) is 0 Å². The molecule has 76 heavy (non-hydrogen) atoms. The summed E-state index contributed by atoms with van der Waals surface area (Å²) in [6.07, 6.45) is -8.27. The summed E-state index contributed by atoms with van der Waals surface area (Å²) >= 11 is 0. The van der Waals surface area contributed by atoms with Crippen LogP contribution in [0.5, 0.6) is 0 Å². The lowest BCUT2D eigenvalue weighted by Crippen LogP contribution is -2.78. The zero-order valence-electron chi connectivity index (χ0n) is 45.3. The highest BCUT2D eigenvalue weighted by molar-refractivity contribution is 5.95. The Hall–Kier alpha value is -6.28. The normalized spacial score (nSPS) is 28.8. The van der Waals surface area contributed by atoms with Gasteiger partial charge in [-0.05, 0) is 85.2 Å². The van der Waals surface area contributed by atoms with Crippen molar-refractivity contribution >= 4 is 23.6 Å². The number of ether oxygens (including phenoxy) is 5. The minimum Gasteiger partial charge on any atom is -0.456 e. The fourth-order valence-corrected chi connectivity index (χ4v) is 13.4. The number of fused-ring (bicyclic) bond motifs is 5. The van der Waals surface area contributed by atoms with E-state index in [0.717, 1.165) is 11.1 Å². The summed E-state index contributed by atoms with van der Waals surface area (Å²) in [5.74, 6) is -3.71. The molecule has 0 spiro atoms. The van der Waals surface area contributed by atoms with E-state index in [2.05, 4.69) is 26.1 Å². The summed E-state index contributed by atoms with van der Waals surface area (Å²) in [6, 6.07) is 44.8. The average Bonchev–Trinajstić information content (AvgIpc) is 3.50. The maximum Gasteiger partial charge on any atom is 0.338 e. The van der Waals surface area contributed by atoms with Gasteiger partial charge < -0.3 is 39.2 Å². The Kier molecular flexibility index (Phi) is 14.8. The van der Waals surface area contributed by atoms with Crippen LogP contribution in [-0.2, 0) is 38.9 Å². The van der Waals surface area contributed by atoms with Crippen molar-refractivity contribution in [2.45, 2.75) is 142 Å². The second kappa shape index (κ2) is 20.6. The van der Waals surface area contributed by atoms with Gasteiger partial charge in [-0.15, -0.1) is 0 Å². The molecule has 12 heteroatoms. The van der Waals surface area contributed by atoms with E-state index in [1.54, 1.807) is 126 Å². The van der Waals surface area contributed by atoms with Crippen molar-refractivity contribution in [1.82, 2.24) is 5.32 Å². The van der Waals surface area contributed by atoms with Gasteiger partial charge in [0, 0.05) is 35.2 Å². The minimum atomic E-state index is -2.16. The van der Waals surface area contributed by atoms with Gasteiger partial charge in [-0.3, -0.25) is 9.59 Å². The van der Waals surface area contributed by atoms with Gasteiger partial charge in [-0.25, -0.2) is 9.59 Å². The number of Topliss-reactive ketones (excluding diaryl/α,β-unsaturated/α-hetero) is 1. The third-order valence-electron chi connectivity index (χ3n) is 17.4. The van der Waals surface area contributed by atoms with E-state index in [1.807, 2.05) is 73.7 Å². The predicted octanol–water partition coefficient (Wildman–Crippen LogP) is 10.3. The zero-order chi connectivity index (χ0) is 54.6. The van der Waals surface area contributed by atoms with Crippen LogP contribution in [0, 0.1) is 27.6 Å². The molecule has 1 heterocycles. The number of nitrogens with one attached hydrogen (secondary N) is 1. The summed E-state index contributed by atoms with van der Waals surface area (Å²) in [6.45, 7) is 19.0. The largest absolute Gasteiger partial charge is 0.456 e. The standard InChI is InChI=1S/C64H73NO11/c1-39(2)73-52(50(41-26-16-11-17-27-41)65-56(68)42-28-18-12-19-29-42)58(70)74-46-37-63(71)55(75-57(69)43-30-20-13-21-31-43)53-61(9)38-72-47(61)36-48(62(53,10)54(67)51(66)49(40(46)3)60(63,7)8)76-64(59(4,5)6,44-32-22-14-23-33-44)45-34-24-15-25-35-45/h11-35,39,46-48,50-53,55,66,71H,36-38H2,1-10H3,(H,65,68)/t46-,47+,48-,50-,51+,52+,53+,55-,61+,62+,63+/m0/s1. The molecule has 2 saturated carbocycles. The molecular weight excluding hydrogens is 959 g/mol. The van der Waals surface area contributed by atoms with Crippen LogP contribution in [0.2, 0.25) is 0 Å². The van der Waals surface area contributed by atoms with Gasteiger partial charge in [0.15, 0.2) is 11.9 Å². The zero-order valence-corrected chi connectivity index (χ0v) is 45.3. The molecule has 1 saturated heterocycles. The SMILES string of the molecule is CC1=C2[C@@H](O)C(=O)[C@]3(C)[C@@H](OC(c4ccccc4)(c4ccccc4)C(C)(C)C)C[C@H]4OC[C@@]4(C)[C@H]3[C@H](OC(=O)c3ccccc3)[C@](O)(C[C@@H]1OC(=O)[C@H](OC(C)C)[C@@H](NC(=O)c1ccccc1)c1ccccc1)C2(C)C. The smallest absolute Gasteiger partial charge is 0.338 e. The first-order valence-electron chi connectivity index (χ1n) is 26.6. The molecule has 0 radical (unpaired) electrons. The Morgan fingerprint density at radius 3 is 1.75 bits per heavy atom. The van der Waals surface area contributed by atoms with Crippen molar-refractivity contribution in [3.63, 3.8) is 0 Å². The molecule has 5 aromatic rings. The molecule has 2 bridgehead atoms. The van der Waals surface area contributed by atoms with Gasteiger partial charge in [-0.2, -0.15) is 0 Å². The Labute approximate surface area is 447 Å². The van der Waals surface area contributed by atoms with Crippen LogP contribution in [0.3, 0.4) is 0 Å². The number of hydrogen-bond donors (Lipinski definition) is 3. The minimum absolute atomic E-state index is 0.131. The number of carbonyl (C=O) groups excluding carboxylic acids is 4. The summed E-state index contributed by atoms with van der Waals surface area (Å²) in [4.78, 5) is 60.5. The third kappa shape index (κ3) is 9.13. The number of ketones is 1.